The third kappa shape index (κ3) is 2.48. The minimum Gasteiger partial charge on any atom is -0.369 e. The molecule has 2 aromatic rings. The van der Waals surface area contributed by atoms with Crippen LogP contribution in [0.25, 0.3) is 10.8 Å². The van der Waals surface area contributed by atoms with Gasteiger partial charge in [-0.05, 0) is 39.4 Å². The number of rotatable bonds is 1. The molecule has 0 aliphatic rings. The molecule has 0 radical (unpaired) electrons. The van der Waals surface area contributed by atoms with Gasteiger partial charge in [0.05, 0.1) is 0 Å². The fourth-order valence-corrected chi connectivity index (χ4v) is 2.69. The number of alkyl halides is 6. The van der Waals surface area contributed by atoms with Gasteiger partial charge in [0.2, 0.25) is 0 Å². The molecule has 0 bridgehead atoms. The second-order valence-corrected chi connectivity index (χ2v) is 5.51. The van der Waals surface area contributed by atoms with Crippen LogP contribution in [0.2, 0.25) is 0 Å². The quantitative estimate of drug-likeness (QED) is 0.522. The van der Waals surface area contributed by atoms with E-state index in [-0.39, 0.29) is 10.8 Å². The highest BCUT2D eigenvalue weighted by Gasteiger charge is 2.71. The Morgan fingerprint density at radius 2 is 1.24 bits per heavy atom. The highest BCUT2D eigenvalue weighted by atomic mass is 127. The Morgan fingerprint density at radius 3 is 1.71 bits per heavy atom. The van der Waals surface area contributed by atoms with Crippen molar-refractivity contribution < 1.29 is 31.4 Å². The Kier molecular flexibility index (Phi) is 3.90. The fraction of sp³-hybridized carbons (Fsp3) is 0.231. The second-order valence-electron chi connectivity index (χ2n) is 4.35. The fourth-order valence-electron chi connectivity index (χ4n) is 2.04. The van der Waals surface area contributed by atoms with Crippen LogP contribution in [0, 0.1) is 3.57 Å². The minimum absolute atomic E-state index is 0.211. The van der Waals surface area contributed by atoms with E-state index in [1.807, 2.05) is 0 Å². The lowest BCUT2D eigenvalue weighted by molar-refractivity contribution is -0.375. The lowest BCUT2D eigenvalue weighted by Gasteiger charge is -2.33. The maximum absolute atomic E-state index is 12.9. The summed E-state index contributed by atoms with van der Waals surface area (Å²) in [7, 11) is 0. The molecule has 0 spiro atoms. The molecule has 114 valence electrons. The summed E-state index contributed by atoms with van der Waals surface area (Å²) in [4.78, 5) is 0. The van der Waals surface area contributed by atoms with Crippen molar-refractivity contribution in [2.45, 2.75) is 18.0 Å². The number of benzene rings is 2. The Bertz CT molecular complexity index is 662. The van der Waals surface area contributed by atoms with Crippen LogP contribution >= 0.6 is 22.6 Å². The zero-order valence-electron chi connectivity index (χ0n) is 10.1. The number of aliphatic hydroxyl groups is 1. The summed E-state index contributed by atoms with van der Waals surface area (Å²) in [6, 6.07) is 7.10. The number of hydrogen-bond acceptors (Lipinski definition) is 1. The molecule has 0 unspecified atom stereocenters. The molecule has 0 saturated heterocycles. The van der Waals surface area contributed by atoms with Gasteiger partial charge < -0.3 is 5.11 Å². The first-order valence-electron chi connectivity index (χ1n) is 5.53. The third-order valence-corrected chi connectivity index (χ3v) is 4.02. The molecule has 0 saturated carbocycles. The number of fused-ring (bicyclic) bond motifs is 1. The van der Waals surface area contributed by atoms with Crippen molar-refractivity contribution in [2.75, 3.05) is 0 Å². The average Bonchev–Trinajstić information content (AvgIpc) is 2.36. The third-order valence-electron chi connectivity index (χ3n) is 3.08. The number of halogens is 7. The van der Waals surface area contributed by atoms with E-state index in [1.54, 1.807) is 22.6 Å². The van der Waals surface area contributed by atoms with Gasteiger partial charge in [-0.15, -0.1) is 0 Å². The van der Waals surface area contributed by atoms with Gasteiger partial charge in [0.25, 0.3) is 5.60 Å². The van der Waals surface area contributed by atoms with Crippen LogP contribution in [-0.4, -0.2) is 17.5 Å². The van der Waals surface area contributed by atoms with Crippen LogP contribution in [0.1, 0.15) is 5.56 Å². The average molecular weight is 420 g/mol. The maximum Gasteiger partial charge on any atom is 0.430 e. The van der Waals surface area contributed by atoms with E-state index in [0.717, 1.165) is 12.1 Å². The summed E-state index contributed by atoms with van der Waals surface area (Å²) in [5, 5.41) is 9.41. The van der Waals surface area contributed by atoms with Gasteiger partial charge in [-0.1, -0.05) is 30.3 Å². The Balaban J connectivity index is 2.89. The lowest BCUT2D eigenvalue weighted by Crippen LogP contribution is -2.54. The van der Waals surface area contributed by atoms with Crippen molar-refractivity contribution in [1.82, 2.24) is 0 Å². The van der Waals surface area contributed by atoms with E-state index in [0.29, 0.717) is 9.64 Å². The van der Waals surface area contributed by atoms with E-state index < -0.39 is 23.5 Å². The summed E-state index contributed by atoms with van der Waals surface area (Å²) < 4.78 is 78.1. The summed E-state index contributed by atoms with van der Waals surface area (Å²) >= 11 is 1.80. The van der Waals surface area contributed by atoms with Gasteiger partial charge in [-0.25, -0.2) is 0 Å². The van der Waals surface area contributed by atoms with E-state index in [9.17, 15) is 31.4 Å². The molecule has 0 fully saturated rings. The van der Waals surface area contributed by atoms with Gasteiger partial charge in [0.1, 0.15) is 0 Å². The summed E-state index contributed by atoms with van der Waals surface area (Å²) in [6.07, 6.45) is -11.8. The maximum atomic E-state index is 12.9. The summed E-state index contributed by atoms with van der Waals surface area (Å²) in [5.74, 6) is 0. The Hall–Kier alpha value is -1.03. The van der Waals surface area contributed by atoms with Crippen LogP contribution in [0.3, 0.4) is 0 Å². The Labute approximate surface area is 128 Å². The predicted molar refractivity (Wildman–Crippen MR) is 72.7 cm³/mol. The molecule has 0 heterocycles. The van der Waals surface area contributed by atoms with Crippen molar-refractivity contribution in [3.63, 3.8) is 0 Å². The van der Waals surface area contributed by atoms with Gasteiger partial charge in [-0.3, -0.25) is 0 Å². The second kappa shape index (κ2) is 5.01. The van der Waals surface area contributed by atoms with Crippen molar-refractivity contribution in [3.8, 4) is 0 Å². The van der Waals surface area contributed by atoms with Crippen LogP contribution in [-0.2, 0) is 5.60 Å². The smallest absolute Gasteiger partial charge is 0.369 e. The van der Waals surface area contributed by atoms with Crippen molar-refractivity contribution in [3.05, 3.63) is 45.5 Å². The molecule has 0 amide bonds. The molecule has 0 aliphatic heterocycles. The zero-order chi connectivity index (χ0) is 16.1. The van der Waals surface area contributed by atoms with E-state index >= 15 is 0 Å². The first-order valence-corrected chi connectivity index (χ1v) is 6.61. The van der Waals surface area contributed by atoms with Crippen molar-refractivity contribution in [1.29, 1.82) is 0 Å². The molecule has 2 aromatic carbocycles. The van der Waals surface area contributed by atoms with Gasteiger partial charge in [-0.2, -0.15) is 26.3 Å². The molecule has 1 nitrogen and oxygen atoms in total. The molecule has 0 aliphatic carbocycles. The van der Waals surface area contributed by atoms with E-state index in [4.69, 9.17) is 0 Å². The normalized spacial score (nSPS) is 13.7. The molecule has 2 rings (SSSR count). The summed E-state index contributed by atoms with van der Waals surface area (Å²) in [6.45, 7) is 0. The first-order chi connectivity index (χ1) is 9.50. The van der Waals surface area contributed by atoms with Crippen LogP contribution in [0.15, 0.2) is 36.4 Å². The summed E-state index contributed by atoms with van der Waals surface area (Å²) in [5.41, 5.74) is -6.14. The van der Waals surface area contributed by atoms with Crippen molar-refractivity contribution in [2.24, 2.45) is 0 Å². The molecular formula is C13H7F6IO. The first kappa shape index (κ1) is 16.3. The SMILES string of the molecule is OC(c1ccc(I)c2ccccc12)(C(F)(F)F)C(F)(F)F. The lowest BCUT2D eigenvalue weighted by atomic mass is 9.88. The minimum atomic E-state index is -5.89. The molecule has 8 heteroatoms. The van der Waals surface area contributed by atoms with Crippen LogP contribution in [0.4, 0.5) is 26.3 Å². The largest absolute Gasteiger partial charge is 0.430 e. The molecule has 1 N–H and O–H groups in total. The van der Waals surface area contributed by atoms with E-state index in [1.165, 1.54) is 18.2 Å². The highest BCUT2D eigenvalue weighted by Crippen LogP contribution is 2.51. The molecular weight excluding hydrogens is 413 g/mol. The Morgan fingerprint density at radius 1 is 0.762 bits per heavy atom. The molecule has 21 heavy (non-hydrogen) atoms. The van der Waals surface area contributed by atoms with Gasteiger partial charge >= 0.3 is 12.4 Å². The van der Waals surface area contributed by atoms with Crippen molar-refractivity contribution >= 4 is 33.4 Å². The highest BCUT2D eigenvalue weighted by molar-refractivity contribution is 14.1. The topological polar surface area (TPSA) is 20.2 Å². The molecule has 0 atom stereocenters. The number of hydrogen-bond donors (Lipinski definition) is 1. The predicted octanol–water partition coefficient (Wildman–Crippen LogP) is 4.76. The monoisotopic (exact) mass is 420 g/mol. The van der Waals surface area contributed by atoms with Crippen LogP contribution in [0.5, 0.6) is 0 Å². The zero-order valence-corrected chi connectivity index (χ0v) is 12.2. The van der Waals surface area contributed by atoms with E-state index in [2.05, 4.69) is 0 Å². The standard InChI is InChI=1S/C13H7F6IO/c14-12(15,16)11(21,13(17,18)19)9-5-6-10(20)8-4-2-1-3-7(8)9/h1-6,21H. The molecule has 0 aromatic heterocycles. The van der Waals surface area contributed by atoms with Crippen LogP contribution < -0.4 is 0 Å². The van der Waals surface area contributed by atoms with Gasteiger partial charge in [0, 0.05) is 9.13 Å². The van der Waals surface area contributed by atoms with Gasteiger partial charge in [0.15, 0.2) is 0 Å².